The minimum atomic E-state index is -1.45. The fourth-order valence-corrected chi connectivity index (χ4v) is 2.19. The number of halogens is 4. The SMILES string of the molecule is CNC(c1ccc(Br)cc1)c1ccc(F)c(F)c1F. The van der Waals surface area contributed by atoms with Crippen molar-refractivity contribution in [3.8, 4) is 0 Å². The number of hydrogen-bond acceptors (Lipinski definition) is 1. The molecule has 0 aliphatic carbocycles. The minimum Gasteiger partial charge on any atom is -0.309 e. The molecular formula is C14H11BrF3N. The van der Waals surface area contributed by atoms with Crippen LogP contribution in [0.1, 0.15) is 17.2 Å². The summed E-state index contributed by atoms with van der Waals surface area (Å²) in [4.78, 5) is 0. The van der Waals surface area contributed by atoms with Crippen molar-refractivity contribution in [3.05, 3.63) is 69.4 Å². The van der Waals surface area contributed by atoms with Crippen LogP contribution in [0.25, 0.3) is 0 Å². The van der Waals surface area contributed by atoms with Gasteiger partial charge in [0.25, 0.3) is 0 Å². The molecule has 19 heavy (non-hydrogen) atoms. The maximum Gasteiger partial charge on any atom is 0.194 e. The standard InChI is InChI=1S/C14H11BrF3N/c1-19-14(8-2-4-9(15)5-3-8)10-6-7-11(16)13(18)12(10)17/h2-7,14,19H,1H3. The Balaban J connectivity index is 2.48. The van der Waals surface area contributed by atoms with Gasteiger partial charge in [0.05, 0.1) is 6.04 Å². The lowest BCUT2D eigenvalue weighted by molar-refractivity contribution is 0.435. The van der Waals surface area contributed by atoms with Crippen LogP contribution >= 0.6 is 15.9 Å². The first-order chi connectivity index (χ1) is 9.04. The molecule has 0 bridgehead atoms. The van der Waals surface area contributed by atoms with E-state index in [0.717, 1.165) is 16.1 Å². The van der Waals surface area contributed by atoms with E-state index in [-0.39, 0.29) is 5.56 Å². The Morgan fingerprint density at radius 1 is 0.947 bits per heavy atom. The summed E-state index contributed by atoms with van der Waals surface area (Å²) in [5.74, 6) is -3.80. The topological polar surface area (TPSA) is 12.0 Å². The van der Waals surface area contributed by atoms with Crippen molar-refractivity contribution in [2.45, 2.75) is 6.04 Å². The molecule has 1 unspecified atom stereocenters. The van der Waals surface area contributed by atoms with Crippen LogP contribution in [0, 0.1) is 17.5 Å². The predicted octanol–water partition coefficient (Wildman–Crippen LogP) is 4.18. The van der Waals surface area contributed by atoms with Crippen LogP contribution in [0.5, 0.6) is 0 Å². The van der Waals surface area contributed by atoms with E-state index in [0.29, 0.717) is 0 Å². The molecule has 2 aromatic carbocycles. The van der Waals surface area contributed by atoms with E-state index >= 15 is 0 Å². The molecule has 1 N–H and O–H groups in total. The Labute approximate surface area is 117 Å². The molecule has 1 nitrogen and oxygen atoms in total. The largest absolute Gasteiger partial charge is 0.309 e. The van der Waals surface area contributed by atoms with Crippen molar-refractivity contribution in [1.82, 2.24) is 5.32 Å². The minimum absolute atomic E-state index is 0.0729. The lowest BCUT2D eigenvalue weighted by atomic mass is 9.98. The first-order valence-corrected chi connectivity index (χ1v) is 6.40. The second-order valence-corrected chi connectivity index (χ2v) is 4.95. The molecule has 0 radical (unpaired) electrons. The lowest BCUT2D eigenvalue weighted by Gasteiger charge is -2.18. The quantitative estimate of drug-likeness (QED) is 0.833. The van der Waals surface area contributed by atoms with E-state index in [1.54, 1.807) is 31.3 Å². The average Bonchev–Trinajstić information content (AvgIpc) is 2.41. The average molecular weight is 330 g/mol. The van der Waals surface area contributed by atoms with Gasteiger partial charge in [0.2, 0.25) is 0 Å². The summed E-state index contributed by atoms with van der Waals surface area (Å²) in [6.45, 7) is 0. The van der Waals surface area contributed by atoms with Crippen molar-refractivity contribution >= 4 is 15.9 Å². The molecule has 0 amide bonds. The van der Waals surface area contributed by atoms with Crippen molar-refractivity contribution in [2.75, 3.05) is 7.05 Å². The second kappa shape index (κ2) is 5.75. The third-order valence-electron chi connectivity index (χ3n) is 2.87. The maximum atomic E-state index is 13.8. The Kier molecular flexibility index (Phi) is 4.27. The smallest absolute Gasteiger partial charge is 0.194 e. The normalized spacial score (nSPS) is 12.5. The van der Waals surface area contributed by atoms with Crippen LogP contribution in [-0.2, 0) is 0 Å². The number of benzene rings is 2. The van der Waals surface area contributed by atoms with Crippen LogP contribution in [-0.4, -0.2) is 7.05 Å². The fourth-order valence-electron chi connectivity index (χ4n) is 1.92. The van der Waals surface area contributed by atoms with E-state index in [2.05, 4.69) is 21.2 Å². The summed E-state index contributed by atoms with van der Waals surface area (Å²) >= 11 is 3.30. The molecule has 0 fully saturated rings. The molecule has 2 rings (SSSR count). The molecule has 0 saturated heterocycles. The first kappa shape index (κ1) is 14.1. The molecule has 0 aromatic heterocycles. The van der Waals surface area contributed by atoms with Gasteiger partial charge in [-0.15, -0.1) is 0 Å². The van der Waals surface area contributed by atoms with Crippen molar-refractivity contribution < 1.29 is 13.2 Å². The van der Waals surface area contributed by atoms with Crippen LogP contribution < -0.4 is 5.32 Å². The number of nitrogens with one attached hydrogen (secondary N) is 1. The van der Waals surface area contributed by atoms with Gasteiger partial charge in [-0.05, 0) is 30.8 Å². The molecule has 0 aliphatic rings. The molecule has 5 heteroatoms. The maximum absolute atomic E-state index is 13.8. The molecule has 0 spiro atoms. The lowest BCUT2D eigenvalue weighted by Crippen LogP contribution is -2.19. The van der Waals surface area contributed by atoms with Gasteiger partial charge in [-0.3, -0.25) is 0 Å². The van der Waals surface area contributed by atoms with Crippen molar-refractivity contribution in [1.29, 1.82) is 0 Å². The monoisotopic (exact) mass is 329 g/mol. The summed E-state index contributed by atoms with van der Waals surface area (Å²) in [5.41, 5.74) is 0.833. The Morgan fingerprint density at radius 3 is 2.16 bits per heavy atom. The molecule has 0 heterocycles. The van der Waals surface area contributed by atoms with E-state index in [1.807, 2.05) is 0 Å². The molecule has 0 saturated carbocycles. The first-order valence-electron chi connectivity index (χ1n) is 5.60. The highest BCUT2D eigenvalue weighted by atomic mass is 79.9. The highest BCUT2D eigenvalue weighted by molar-refractivity contribution is 9.10. The van der Waals surface area contributed by atoms with Crippen LogP contribution in [0.4, 0.5) is 13.2 Å². The van der Waals surface area contributed by atoms with Gasteiger partial charge >= 0.3 is 0 Å². The van der Waals surface area contributed by atoms with Crippen LogP contribution in [0.2, 0.25) is 0 Å². The van der Waals surface area contributed by atoms with Gasteiger partial charge in [-0.1, -0.05) is 34.1 Å². The van der Waals surface area contributed by atoms with E-state index in [4.69, 9.17) is 0 Å². The Morgan fingerprint density at radius 2 is 1.58 bits per heavy atom. The van der Waals surface area contributed by atoms with Crippen molar-refractivity contribution in [2.24, 2.45) is 0 Å². The molecule has 0 aliphatic heterocycles. The second-order valence-electron chi connectivity index (χ2n) is 4.04. The molecule has 2 aromatic rings. The number of rotatable bonds is 3. The Bertz CT molecular complexity index is 584. The summed E-state index contributed by atoms with van der Waals surface area (Å²) in [6, 6.07) is 8.81. The third kappa shape index (κ3) is 2.82. The van der Waals surface area contributed by atoms with Crippen molar-refractivity contribution in [3.63, 3.8) is 0 Å². The van der Waals surface area contributed by atoms with Gasteiger partial charge < -0.3 is 5.32 Å². The van der Waals surface area contributed by atoms with E-state index in [9.17, 15) is 13.2 Å². The third-order valence-corrected chi connectivity index (χ3v) is 3.40. The summed E-state index contributed by atoms with van der Waals surface area (Å²) in [7, 11) is 1.63. The van der Waals surface area contributed by atoms with E-state index < -0.39 is 23.5 Å². The molecular weight excluding hydrogens is 319 g/mol. The fraction of sp³-hybridized carbons (Fsp3) is 0.143. The summed E-state index contributed by atoms with van der Waals surface area (Å²) in [6.07, 6.45) is 0. The summed E-state index contributed by atoms with van der Waals surface area (Å²) in [5, 5.41) is 2.90. The summed E-state index contributed by atoms with van der Waals surface area (Å²) < 4.78 is 40.9. The highest BCUT2D eigenvalue weighted by Crippen LogP contribution is 2.27. The van der Waals surface area contributed by atoms with Gasteiger partial charge in [0.1, 0.15) is 0 Å². The van der Waals surface area contributed by atoms with E-state index in [1.165, 1.54) is 6.07 Å². The van der Waals surface area contributed by atoms with Gasteiger partial charge in [0.15, 0.2) is 17.5 Å². The predicted molar refractivity (Wildman–Crippen MR) is 71.4 cm³/mol. The zero-order chi connectivity index (χ0) is 14.0. The van der Waals surface area contributed by atoms with Gasteiger partial charge in [-0.2, -0.15) is 0 Å². The van der Waals surface area contributed by atoms with Gasteiger partial charge in [0, 0.05) is 10.0 Å². The number of hydrogen-bond donors (Lipinski definition) is 1. The zero-order valence-electron chi connectivity index (χ0n) is 10.1. The van der Waals surface area contributed by atoms with Crippen LogP contribution in [0.3, 0.4) is 0 Å². The van der Waals surface area contributed by atoms with Gasteiger partial charge in [-0.25, -0.2) is 13.2 Å². The highest BCUT2D eigenvalue weighted by Gasteiger charge is 2.20. The molecule has 1 atom stereocenters. The molecule has 100 valence electrons. The Hall–Kier alpha value is -1.33. The zero-order valence-corrected chi connectivity index (χ0v) is 11.6. The van der Waals surface area contributed by atoms with Crippen LogP contribution in [0.15, 0.2) is 40.9 Å².